The molecule has 0 bridgehead atoms. The van der Waals surface area contributed by atoms with Crippen LogP contribution in [0, 0.1) is 5.92 Å². The Morgan fingerprint density at radius 1 is 1.07 bits per heavy atom. The van der Waals surface area contributed by atoms with Crippen LogP contribution in [-0.2, 0) is 4.79 Å². The molecule has 0 spiro atoms. The van der Waals surface area contributed by atoms with Crippen molar-refractivity contribution in [3.05, 3.63) is 29.8 Å². The van der Waals surface area contributed by atoms with Gasteiger partial charge >= 0.3 is 0 Å². The fraction of sp³-hybridized carbons (Fsp3) is 0.636. The van der Waals surface area contributed by atoms with Gasteiger partial charge in [-0.2, -0.15) is 0 Å². The van der Waals surface area contributed by atoms with Gasteiger partial charge in [-0.05, 0) is 63.8 Å². The van der Waals surface area contributed by atoms with Gasteiger partial charge in [-0.3, -0.25) is 14.5 Å². The van der Waals surface area contributed by atoms with E-state index >= 15 is 0 Å². The van der Waals surface area contributed by atoms with Gasteiger partial charge in [0.1, 0.15) is 6.29 Å². The van der Waals surface area contributed by atoms with E-state index in [-0.39, 0.29) is 11.8 Å². The summed E-state index contributed by atoms with van der Waals surface area (Å²) >= 11 is 0. The van der Waals surface area contributed by atoms with Crippen molar-refractivity contribution in [2.45, 2.75) is 58.0 Å². The molecule has 1 N–H and O–H groups in total. The normalized spacial score (nSPS) is 24.6. The molecule has 2 atom stereocenters. The molecule has 1 aromatic carbocycles. The highest BCUT2D eigenvalue weighted by molar-refractivity contribution is 5.79. The molecule has 2 saturated heterocycles. The van der Waals surface area contributed by atoms with Gasteiger partial charge in [0, 0.05) is 55.4 Å². The Hall–Kier alpha value is -1.88. The smallest absolute Gasteiger partial charge is 0.223 e. The third kappa shape index (κ3) is 5.10. The Labute approximate surface area is 163 Å². The summed E-state index contributed by atoms with van der Waals surface area (Å²) in [6.07, 6.45) is 6.50. The Bertz CT molecular complexity index is 613. The van der Waals surface area contributed by atoms with Crippen LogP contribution in [0.1, 0.15) is 56.3 Å². The molecule has 5 heteroatoms. The first-order valence-corrected chi connectivity index (χ1v) is 10.4. The lowest BCUT2D eigenvalue weighted by Gasteiger charge is -2.39. The van der Waals surface area contributed by atoms with Crippen LogP contribution < -0.4 is 10.2 Å². The van der Waals surface area contributed by atoms with Crippen LogP contribution >= 0.6 is 0 Å². The minimum absolute atomic E-state index is 0.117. The van der Waals surface area contributed by atoms with Crippen molar-refractivity contribution < 1.29 is 9.59 Å². The summed E-state index contributed by atoms with van der Waals surface area (Å²) in [7, 11) is 0. The summed E-state index contributed by atoms with van der Waals surface area (Å²) in [4.78, 5) is 28.2. The van der Waals surface area contributed by atoms with Crippen molar-refractivity contribution in [1.29, 1.82) is 0 Å². The van der Waals surface area contributed by atoms with Crippen molar-refractivity contribution in [2.75, 3.05) is 31.1 Å². The molecule has 1 aromatic rings. The molecule has 2 aliphatic rings. The van der Waals surface area contributed by atoms with Gasteiger partial charge in [-0.15, -0.1) is 0 Å². The van der Waals surface area contributed by atoms with Crippen molar-refractivity contribution in [3.63, 3.8) is 0 Å². The fourth-order valence-electron chi connectivity index (χ4n) is 4.53. The minimum Gasteiger partial charge on any atom is -0.371 e. The number of carbonyl (C=O) groups excluding carboxylic acids is 2. The summed E-state index contributed by atoms with van der Waals surface area (Å²) < 4.78 is 0. The quantitative estimate of drug-likeness (QED) is 0.781. The Kier molecular flexibility index (Phi) is 6.89. The van der Waals surface area contributed by atoms with E-state index in [9.17, 15) is 9.59 Å². The lowest BCUT2D eigenvalue weighted by atomic mass is 9.95. The third-order valence-corrected chi connectivity index (χ3v) is 6.31. The van der Waals surface area contributed by atoms with Gasteiger partial charge < -0.3 is 10.2 Å². The van der Waals surface area contributed by atoms with Crippen LogP contribution in [0.4, 0.5) is 5.69 Å². The highest BCUT2D eigenvalue weighted by Crippen LogP contribution is 2.24. The molecule has 27 heavy (non-hydrogen) atoms. The van der Waals surface area contributed by atoms with Gasteiger partial charge in [0.15, 0.2) is 0 Å². The molecule has 3 rings (SSSR count). The number of nitrogens with one attached hydrogen (secondary N) is 1. The van der Waals surface area contributed by atoms with Gasteiger partial charge in [-0.25, -0.2) is 0 Å². The number of benzene rings is 1. The molecular formula is C22H33N3O2. The molecule has 148 valence electrons. The van der Waals surface area contributed by atoms with Crippen LogP contribution in [0.25, 0.3) is 0 Å². The molecule has 5 nitrogen and oxygen atoms in total. The number of aldehydes is 1. The summed E-state index contributed by atoms with van der Waals surface area (Å²) in [6, 6.07) is 8.93. The van der Waals surface area contributed by atoms with E-state index in [1.807, 2.05) is 24.3 Å². The zero-order valence-corrected chi connectivity index (χ0v) is 16.7. The van der Waals surface area contributed by atoms with Gasteiger partial charge in [0.05, 0.1) is 0 Å². The van der Waals surface area contributed by atoms with Gasteiger partial charge in [-0.1, -0.05) is 6.42 Å². The standard InChI is InChI=1S/C22H33N3O2/c1-17-4-3-5-18(2)25(17)15-12-23-22(27)20-10-13-24(14-11-20)21-8-6-19(16-26)7-9-21/h6-9,16-18,20H,3-5,10-15H2,1-2H3,(H,23,27)/t17-,18-/m0/s1. The summed E-state index contributed by atoms with van der Waals surface area (Å²) in [6.45, 7) is 8.08. The van der Waals surface area contributed by atoms with E-state index in [0.717, 1.165) is 51.0 Å². The molecule has 0 aromatic heterocycles. The maximum absolute atomic E-state index is 12.5. The second kappa shape index (κ2) is 9.36. The monoisotopic (exact) mass is 371 g/mol. The number of carbonyl (C=O) groups is 2. The summed E-state index contributed by atoms with van der Waals surface area (Å²) in [5.41, 5.74) is 1.83. The maximum Gasteiger partial charge on any atom is 0.223 e. The van der Waals surface area contributed by atoms with Crippen LogP contribution in [0.5, 0.6) is 0 Å². The van der Waals surface area contributed by atoms with Crippen molar-refractivity contribution in [2.24, 2.45) is 5.92 Å². The van der Waals surface area contributed by atoms with E-state index in [4.69, 9.17) is 0 Å². The van der Waals surface area contributed by atoms with Crippen LogP contribution in [0.2, 0.25) is 0 Å². The molecule has 2 aliphatic heterocycles. The van der Waals surface area contributed by atoms with E-state index in [1.54, 1.807) is 0 Å². The van der Waals surface area contributed by atoms with E-state index < -0.39 is 0 Å². The number of anilines is 1. The largest absolute Gasteiger partial charge is 0.371 e. The lowest BCUT2D eigenvalue weighted by molar-refractivity contribution is -0.125. The highest BCUT2D eigenvalue weighted by Gasteiger charge is 2.27. The number of piperidine rings is 2. The number of amides is 1. The van der Waals surface area contributed by atoms with Crippen LogP contribution in [0.15, 0.2) is 24.3 Å². The maximum atomic E-state index is 12.5. The molecule has 0 aliphatic carbocycles. The van der Waals surface area contributed by atoms with Crippen LogP contribution in [0.3, 0.4) is 0 Å². The summed E-state index contributed by atoms with van der Waals surface area (Å²) in [5.74, 6) is 0.329. The Morgan fingerprint density at radius 3 is 2.30 bits per heavy atom. The first-order chi connectivity index (χ1) is 13.1. The number of hydrogen-bond acceptors (Lipinski definition) is 4. The van der Waals surface area contributed by atoms with Crippen molar-refractivity contribution in [1.82, 2.24) is 10.2 Å². The molecular weight excluding hydrogens is 338 g/mol. The second-order valence-electron chi connectivity index (χ2n) is 8.13. The van der Waals surface area contributed by atoms with Crippen molar-refractivity contribution >= 4 is 17.9 Å². The number of likely N-dealkylation sites (tertiary alicyclic amines) is 1. The van der Waals surface area contributed by atoms with Crippen LogP contribution in [-0.4, -0.2) is 55.4 Å². The topological polar surface area (TPSA) is 52.7 Å². The van der Waals surface area contributed by atoms with Crippen molar-refractivity contribution in [3.8, 4) is 0 Å². The first-order valence-electron chi connectivity index (χ1n) is 10.4. The SMILES string of the molecule is C[C@H]1CCC[C@H](C)N1CCNC(=O)C1CCN(c2ccc(C=O)cc2)CC1. The lowest BCUT2D eigenvalue weighted by Crippen LogP contribution is -2.48. The average molecular weight is 372 g/mol. The zero-order chi connectivity index (χ0) is 19.2. The number of nitrogens with zero attached hydrogens (tertiary/aromatic N) is 2. The Morgan fingerprint density at radius 2 is 1.70 bits per heavy atom. The second-order valence-corrected chi connectivity index (χ2v) is 8.13. The average Bonchev–Trinajstić information content (AvgIpc) is 2.70. The number of rotatable bonds is 6. The van der Waals surface area contributed by atoms with E-state index in [0.29, 0.717) is 17.6 Å². The summed E-state index contributed by atoms with van der Waals surface area (Å²) in [5, 5.41) is 3.17. The molecule has 0 radical (unpaired) electrons. The fourth-order valence-corrected chi connectivity index (χ4v) is 4.53. The van der Waals surface area contributed by atoms with E-state index in [2.05, 4.69) is 29.0 Å². The van der Waals surface area contributed by atoms with E-state index in [1.165, 1.54) is 19.3 Å². The molecule has 1 amide bonds. The minimum atomic E-state index is 0.117. The molecule has 2 fully saturated rings. The first kappa shape index (κ1) is 19.9. The Balaban J connectivity index is 1.41. The molecule has 0 saturated carbocycles. The molecule has 2 heterocycles. The van der Waals surface area contributed by atoms with Gasteiger partial charge in [0.2, 0.25) is 5.91 Å². The predicted molar refractivity (Wildman–Crippen MR) is 109 cm³/mol. The number of hydrogen-bond donors (Lipinski definition) is 1. The van der Waals surface area contributed by atoms with Gasteiger partial charge in [0.25, 0.3) is 0 Å². The molecule has 0 unspecified atom stereocenters. The third-order valence-electron chi connectivity index (χ3n) is 6.31. The predicted octanol–water partition coefficient (Wildman–Crippen LogP) is 3.09. The highest BCUT2D eigenvalue weighted by atomic mass is 16.1. The zero-order valence-electron chi connectivity index (χ0n) is 16.7.